The first-order chi connectivity index (χ1) is 10.7. The minimum Gasteiger partial charge on any atom is -0.466 e. The molecule has 4 heteroatoms. The van der Waals surface area contributed by atoms with Crippen molar-refractivity contribution >= 4 is 5.97 Å². The quantitative estimate of drug-likeness (QED) is 0.336. The number of ether oxygens (including phenoxy) is 1. The van der Waals surface area contributed by atoms with Crippen LogP contribution in [0.2, 0.25) is 0 Å². The molecule has 0 saturated carbocycles. The number of unbranched alkanes of at least 4 members (excludes halogenated alkanes) is 5. The summed E-state index contributed by atoms with van der Waals surface area (Å²) in [4.78, 5) is 11.4. The number of hydrogen-bond donors (Lipinski definition) is 2. The molecule has 0 aromatic rings. The normalized spacial score (nSPS) is 12.3. The lowest BCUT2D eigenvalue weighted by atomic mass is 10.0. The molecule has 22 heavy (non-hydrogen) atoms. The lowest BCUT2D eigenvalue weighted by molar-refractivity contribution is -0.143. The van der Waals surface area contributed by atoms with Gasteiger partial charge in [-0.25, -0.2) is 0 Å². The lowest BCUT2D eigenvalue weighted by Crippen LogP contribution is -2.31. The minimum atomic E-state index is -0.0427. The van der Waals surface area contributed by atoms with Crippen molar-refractivity contribution in [3.8, 4) is 0 Å². The molecule has 1 atom stereocenters. The molecule has 0 saturated heterocycles. The molecule has 1 unspecified atom stereocenters. The Morgan fingerprint density at radius 3 is 2.41 bits per heavy atom. The maximum Gasteiger partial charge on any atom is 0.305 e. The minimum absolute atomic E-state index is 0.0427. The van der Waals surface area contributed by atoms with Gasteiger partial charge in [0.15, 0.2) is 0 Å². The molecule has 0 radical (unpaired) electrons. The summed E-state index contributed by atoms with van der Waals surface area (Å²) in [7, 11) is 0. The van der Waals surface area contributed by atoms with E-state index in [1.54, 1.807) is 0 Å². The van der Waals surface area contributed by atoms with Crippen LogP contribution in [0.5, 0.6) is 0 Å². The highest BCUT2D eigenvalue weighted by molar-refractivity contribution is 5.69. The zero-order valence-corrected chi connectivity index (χ0v) is 14.7. The second kappa shape index (κ2) is 16.8. The number of carbonyl (C=O) groups excluding carboxylic acids is 1. The van der Waals surface area contributed by atoms with Crippen LogP contribution in [0.3, 0.4) is 0 Å². The van der Waals surface area contributed by atoms with Gasteiger partial charge in [-0.15, -0.1) is 0 Å². The van der Waals surface area contributed by atoms with Crippen LogP contribution in [0.25, 0.3) is 0 Å². The van der Waals surface area contributed by atoms with E-state index < -0.39 is 0 Å². The molecular weight excluding hydrogens is 278 g/mol. The SMILES string of the molecule is CCCCCC(=O)OCCCCCC(CCCC)NCCO. The van der Waals surface area contributed by atoms with Crippen LogP contribution in [0.4, 0.5) is 0 Å². The highest BCUT2D eigenvalue weighted by Gasteiger charge is 2.07. The van der Waals surface area contributed by atoms with Gasteiger partial charge in [-0.1, -0.05) is 52.4 Å². The van der Waals surface area contributed by atoms with E-state index in [4.69, 9.17) is 9.84 Å². The van der Waals surface area contributed by atoms with Crippen LogP contribution in [-0.4, -0.2) is 36.9 Å². The highest BCUT2D eigenvalue weighted by Crippen LogP contribution is 2.10. The molecule has 0 aromatic carbocycles. The summed E-state index contributed by atoms with van der Waals surface area (Å²) >= 11 is 0. The lowest BCUT2D eigenvalue weighted by Gasteiger charge is -2.17. The van der Waals surface area contributed by atoms with E-state index in [0.717, 1.165) is 44.9 Å². The van der Waals surface area contributed by atoms with Gasteiger partial charge in [-0.2, -0.15) is 0 Å². The summed E-state index contributed by atoms with van der Waals surface area (Å²) in [5, 5.41) is 12.3. The maximum absolute atomic E-state index is 11.4. The van der Waals surface area contributed by atoms with E-state index in [1.807, 2.05) is 0 Å². The zero-order chi connectivity index (χ0) is 16.5. The fraction of sp³-hybridized carbons (Fsp3) is 0.944. The molecule has 0 fully saturated rings. The Balaban J connectivity index is 3.52. The average molecular weight is 315 g/mol. The number of esters is 1. The van der Waals surface area contributed by atoms with Gasteiger partial charge >= 0.3 is 5.97 Å². The average Bonchev–Trinajstić information content (AvgIpc) is 2.52. The van der Waals surface area contributed by atoms with Crippen LogP contribution in [0, 0.1) is 0 Å². The van der Waals surface area contributed by atoms with Gasteiger partial charge < -0.3 is 15.2 Å². The van der Waals surface area contributed by atoms with E-state index in [9.17, 15) is 4.79 Å². The van der Waals surface area contributed by atoms with Gasteiger partial charge in [-0.3, -0.25) is 4.79 Å². The Labute approximate surface area is 137 Å². The van der Waals surface area contributed by atoms with Crippen molar-refractivity contribution in [2.24, 2.45) is 0 Å². The molecule has 0 heterocycles. The first-order valence-corrected chi connectivity index (χ1v) is 9.24. The van der Waals surface area contributed by atoms with Crippen molar-refractivity contribution < 1.29 is 14.6 Å². The van der Waals surface area contributed by atoms with Gasteiger partial charge in [0, 0.05) is 19.0 Å². The Morgan fingerprint density at radius 1 is 1.00 bits per heavy atom. The molecule has 0 bridgehead atoms. The molecular formula is C18H37NO3. The molecule has 132 valence electrons. The van der Waals surface area contributed by atoms with Crippen LogP contribution in [0.1, 0.15) is 84.5 Å². The predicted molar refractivity (Wildman–Crippen MR) is 92.0 cm³/mol. The van der Waals surface area contributed by atoms with Gasteiger partial charge in [0.05, 0.1) is 13.2 Å². The highest BCUT2D eigenvalue weighted by atomic mass is 16.5. The molecule has 0 aliphatic carbocycles. The molecule has 0 spiro atoms. The summed E-state index contributed by atoms with van der Waals surface area (Å²) in [6.07, 6.45) is 11.7. The van der Waals surface area contributed by atoms with E-state index in [0.29, 0.717) is 25.6 Å². The molecule has 0 rings (SSSR count). The topological polar surface area (TPSA) is 58.6 Å². The Bertz CT molecular complexity index is 238. The Morgan fingerprint density at radius 2 is 1.73 bits per heavy atom. The second-order valence-electron chi connectivity index (χ2n) is 6.04. The number of hydrogen-bond acceptors (Lipinski definition) is 4. The largest absolute Gasteiger partial charge is 0.466 e. The molecule has 2 N–H and O–H groups in total. The first kappa shape index (κ1) is 21.4. The van der Waals surface area contributed by atoms with Crippen LogP contribution >= 0.6 is 0 Å². The van der Waals surface area contributed by atoms with Gasteiger partial charge in [0.1, 0.15) is 0 Å². The fourth-order valence-corrected chi connectivity index (χ4v) is 2.51. The Kier molecular flexibility index (Phi) is 16.3. The van der Waals surface area contributed by atoms with Crippen molar-refractivity contribution in [3.05, 3.63) is 0 Å². The van der Waals surface area contributed by atoms with Crippen molar-refractivity contribution in [1.82, 2.24) is 5.32 Å². The number of aliphatic hydroxyl groups excluding tert-OH is 1. The second-order valence-corrected chi connectivity index (χ2v) is 6.04. The molecule has 0 aliphatic heterocycles. The van der Waals surface area contributed by atoms with Gasteiger partial charge in [0.2, 0.25) is 0 Å². The predicted octanol–water partition coefficient (Wildman–Crippen LogP) is 3.81. The molecule has 4 nitrogen and oxygen atoms in total. The van der Waals surface area contributed by atoms with Crippen LogP contribution in [0.15, 0.2) is 0 Å². The third-order valence-electron chi connectivity index (χ3n) is 3.90. The zero-order valence-electron chi connectivity index (χ0n) is 14.7. The molecule has 0 amide bonds. The van der Waals surface area contributed by atoms with Crippen LogP contribution < -0.4 is 5.32 Å². The Hall–Kier alpha value is -0.610. The summed E-state index contributed by atoms with van der Waals surface area (Å²) in [6, 6.07) is 0.517. The van der Waals surface area contributed by atoms with Gasteiger partial charge in [0.25, 0.3) is 0 Å². The number of rotatable bonds is 16. The fourth-order valence-electron chi connectivity index (χ4n) is 2.51. The van der Waals surface area contributed by atoms with E-state index in [-0.39, 0.29) is 12.6 Å². The number of nitrogens with one attached hydrogen (secondary N) is 1. The number of aliphatic hydroxyl groups is 1. The monoisotopic (exact) mass is 315 g/mol. The molecule has 0 aromatic heterocycles. The maximum atomic E-state index is 11.4. The van der Waals surface area contributed by atoms with E-state index >= 15 is 0 Å². The summed E-state index contributed by atoms with van der Waals surface area (Å²) in [5.41, 5.74) is 0. The summed E-state index contributed by atoms with van der Waals surface area (Å²) < 4.78 is 5.24. The van der Waals surface area contributed by atoms with Crippen molar-refractivity contribution in [2.75, 3.05) is 19.8 Å². The van der Waals surface area contributed by atoms with Gasteiger partial charge in [-0.05, 0) is 25.7 Å². The van der Waals surface area contributed by atoms with E-state index in [1.165, 1.54) is 19.3 Å². The van der Waals surface area contributed by atoms with Crippen LogP contribution in [-0.2, 0) is 9.53 Å². The third kappa shape index (κ3) is 14.3. The number of carbonyl (C=O) groups is 1. The summed E-state index contributed by atoms with van der Waals surface area (Å²) in [5.74, 6) is -0.0427. The first-order valence-electron chi connectivity index (χ1n) is 9.24. The molecule has 0 aliphatic rings. The van der Waals surface area contributed by atoms with Crippen molar-refractivity contribution in [3.63, 3.8) is 0 Å². The van der Waals surface area contributed by atoms with Crippen molar-refractivity contribution in [1.29, 1.82) is 0 Å². The van der Waals surface area contributed by atoms with E-state index in [2.05, 4.69) is 19.2 Å². The van der Waals surface area contributed by atoms with Crippen molar-refractivity contribution in [2.45, 2.75) is 90.5 Å². The third-order valence-corrected chi connectivity index (χ3v) is 3.90. The smallest absolute Gasteiger partial charge is 0.305 e. The standard InChI is InChI=1S/C18H37NO3/c1-3-5-8-13-18(21)22-16-10-7-9-12-17(11-6-4-2)19-14-15-20/h17,19-20H,3-16H2,1-2H3. The summed E-state index contributed by atoms with van der Waals surface area (Å²) in [6.45, 7) is 5.79.